The van der Waals surface area contributed by atoms with E-state index in [0.717, 1.165) is 197 Å². The number of nitrogens with zero attached hydrogens (tertiary/aromatic N) is 6. The van der Waals surface area contributed by atoms with Crippen LogP contribution in [0.4, 0.5) is 0 Å². The van der Waals surface area contributed by atoms with Crippen molar-refractivity contribution in [3.63, 3.8) is 0 Å². The molecule has 25 heteroatoms. The molecule has 12 bridgehead atoms. The number of hydrogen-bond donors (Lipinski definition) is 9. The maximum absolute atomic E-state index is 12.8. The second kappa shape index (κ2) is 35.9. The molecule has 24 aliphatic rings. The van der Waals surface area contributed by atoms with E-state index in [1.165, 1.54) is 79.3 Å². The highest BCUT2D eigenvalue weighted by atomic mass is 16.6. The lowest BCUT2D eigenvalue weighted by Gasteiger charge is -2.75. The first-order valence-corrected chi connectivity index (χ1v) is 57.1. The van der Waals surface area contributed by atoms with Gasteiger partial charge in [-0.2, -0.15) is 0 Å². The van der Waals surface area contributed by atoms with Crippen LogP contribution in [0.15, 0.2) is 134 Å². The summed E-state index contributed by atoms with van der Waals surface area (Å²) in [5.41, 5.74) is 6.85. The Hall–Kier alpha value is -9.22. The fourth-order valence-corrected chi connectivity index (χ4v) is 35.9. The van der Waals surface area contributed by atoms with Crippen molar-refractivity contribution < 1.29 is 98.0 Å². The number of quaternary nitrogens is 1. The third-order valence-corrected chi connectivity index (χ3v) is 44.3. The first-order chi connectivity index (χ1) is 71.5. The third-order valence-electron chi connectivity index (χ3n) is 44.3. The number of aromatic hydroxyl groups is 5. The van der Waals surface area contributed by atoms with Crippen LogP contribution < -0.4 is 18.9 Å². The number of methoxy groups -OCH3 is 1. The maximum Gasteiger partial charge on any atom is 0.318 e. The minimum Gasteiger partial charge on any atom is -0.508 e. The van der Waals surface area contributed by atoms with E-state index >= 15 is 0 Å². The van der Waals surface area contributed by atoms with Crippen LogP contribution in [0.5, 0.6) is 51.7 Å². The number of ketones is 3. The van der Waals surface area contributed by atoms with E-state index in [9.17, 15) is 65.1 Å². The number of phenols is 5. The normalized spacial score (nSPS) is 38.8. The Morgan fingerprint density at radius 2 is 1.05 bits per heavy atom. The van der Waals surface area contributed by atoms with E-state index < -0.39 is 68.0 Å². The van der Waals surface area contributed by atoms with Crippen molar-refractivity contribution in [2.24, 2.45) is 40.4 Å². The lowest BCUT2D eigenvalue weighted by molar-refractivity contribution is -0.950. The molecule has 0 amide bonds. The third kappa shape index (κ3) is 14.4. The zero-order valence-electron chi connectivity index (χ0n) is 90.6. The molecule has 6 aromatic carbocycles. The van der Waals surface area contributed by atoms with Gasteiger partial charge >= 0.3 is 5.97 Å². The first-order valence-electron chi connectivity index (χ1n) is 57.1. The number of hydrogen-bond acceptors (Lipinski definition) is 24. The second-order valence-electron chi connectivity index (χ2n) is 52.5. The lowest BCUT2D eigenvalue weighted by Crippen LogP contribution is -2.83. The molecule has 25 nitrogen and oxygen atoms in total. The maximum atomic E-state index is 12.8. The van der Waals surface area contributed by atoms with Gasteiger partial charge in [0.2, 0.25) is 0 Å². The van der Waals surface area contributed by atoms with Gasteiger partial charge in [-0.15, -0.1) is 6.58 Å². The number of rotatable bonds is 16. The minimum atomic E-state index is -1.00. The highest BCUT2D eigenvalue weighted by Gasteiger charge is 2.84. The van der Waals surface area contributed by atoms with E-state index in [-0.39, 0.29) is 104 Å². The van der Waals surface area contributed by atoms with Crippen LogP contribution in [-0.2, 0) is 93.2 Å². The van der Waals surface area contributed by atoms with E-state index in [1.54, 1.807) is 18.2 Å². The predicted molar refractivity (Wildman–Crippen MR) is 570 cm³/mol. The zero-order valence-corrected chi connectivity index (χ0v) is 90.6. The largest absolute Gasteiger partial charge is 0.508 e. The number of phenolic OH excluding ortho intramolecular Hbond substituents is 5. The minimum absolute atomic E-state index is 0.0256. The summed E-state index contributed by atoms with van der Waals surface area (Å²) in [6.45, 7) is 33.9. The highest BCUT2D eigenvalue weighted by molar-refractivity contribution is 5.92. The smallest absolute Gasteiger partial charge is 0.318 e. The molecular weight excluding hydrogens is 1890 g/mol. The number of piperidine rings is 5. The molecule has 0 radical (unpaired) electrons. The van der Waals surface area contributed by atoms with Gasteiger partial charge in [0.15, 0.2) is 81.7 Å². The number of aliphatic hydroxyl groups is 4. The van der Waals surface area contributed by atoms with Crippen LogP contribution in [-0.4, -0.2) is 287 Å². The first kappa shape index (κ1) is 103. The van der Waals surface area contributed by atoms with Crippen LogP contribution in [0.25, 0.3) is 0 Å². The molecule has 9 N–H and O–H groups in total. The van der Waals surface area contributed by atoms with Gasteiger partial charge in [-0.3, -0.25) is 38.8 Å². The fraction of sp³-hybridized carbons (Fsp3) is 0.632. The number of fused-ring (bicyclic) bond motifs is 6. The number of esters is 1. The van der Waals surface area contributed by atoms with Crippen LogP contribution >= 0.6 is 0 Å². The average Bonchev–Trinajstić information content (AvgIpc) is 1.53. The summed E-state index contributed by atoms with van der Waals surface area (Å²) in [5.74, 6) is 6.06. The summed E-state index contributed by atoms with van der Waals surface area (Å²) in [6, 6.07) is 32.1. The monoisotopic (exact) mass is 2050 g/mol. The van der Waals surface area contributed by atoms with E-state index in [2.05, 4.69) is 117 Å². The number of likely N-dealkylation sites (tertiary alicyclic amines) is 5. The summed E-state index contributed by atoms with van der Waals surface area (Å²) in [6.07, 6.45) is 30.3. The molecule has 15 aliphatic carbocycles. The molecule has 25 atom stereocenters. The number of likely N-dealkylation sites (N-methyl/N-ethyl adjacent to an activating group) is 2. The molecule has 804 valence electrons. The van der Waals surface area contributed by atoms with Crippen LogP contribution in [0.3, 0.4) is 0 Å². The van der Waals surface area contributed by atoms with Crippen molar-refractivity contribution in [1.82, 2.24) is 24.5 Å². The predicted octanol–water partition coefficient (Wildman–Crippen LogP) is 15.6. The van der Waals surface area contributed by atoms with Crippen molar-refractivity contribution in [2.75, 3.05) is 100 Å². The molecule has 30 rings (SSSR count). The Balaban J connectivity index is 0.0000000967. The van der Waals surface area contributed by atoms with Crippen molar-refractivity contribution in [3.05, 3.63) is 195 Å². The molecule has 9 aliphatic heterocycles. The summed E-state index contributed by atoms with van der Waals surface area (Å²) >= 11 is 0. The van der Waals surface area contributed by atoms with Crippen molar-refractivity contribution in [3.8, 4) is 51.7 Å². The van der Waals surface area contributed by atoms with Gasteiger partial charge in [-0.05, 0) is 307 Å². The Labute approximate surface area is 884 Å². The van der Waals surface area contributed by atoms with Crippen LogP contribution in [0, 0.1) is 40.4 Å². The molecule has 150 heavy (non-hydrogen) atoms. The van der Waals surface area contributed by atoms with Crippen molar-refractivity contribution >= 4 is 23.3 Å². The Bertz CT molecular complexity index is 6500. The summed E-state index contributed by atoms with van der Waals surface area (Å²) < 4.78 is 37.9. The number of carbonyl (C=O) groups excluding carboxylic acids is 4. The summed E-state index contributed by atoms with van der Waals surface area (Å²) in [7, 11) is 8.16. The van der Waals surface area contributed by atoms with Gasteiger partial charge in [0.05, 0.1) is 59.8 Å². The molecule has 9 heterocycles. The van der Waals surface area contributed by atoms with Crippen LogP contribution in [0.1, 0.15) is 265 Å². The molecule has 6 aromatic rings. The fourth-order valence-electron chi connectivity index (χ4n) is 35.9. The van der Waals surface area contributed by atoms with Gasteiger partial charge < -0.3 is 83.8 Å². The Morgan fingerprint density at radius 1 is 0.560 bits per heavy atom. The Morgan fingerprint density at radius 3 is 1.57 bits per heavy atom. The van der Waals surface area contributed by atoms with Gasteiger partial charge in [-0.25, -0.2) is 0 Å². The second-order valence-corrected chi connectivity index (χ2v) is 52.5. The average molecular weight is 2050 g/mol. The number of ether oxygens (including phenoxy) is 6. The number of allylic oxidation sites excluding steroid dienone is 2. The molecule has 0 aromatic heterocycles. The highest BCUT2D eigenvalue weighted by Crippen LogP contribution is 2.79. The standard InChI is InChI=1S/C29H41NO4.C21H25NO4.C20H23NO4.C19H21NO4.C19H27NO.C17H23NO2/c1-25(2,3)26(4,32)20-15-27-10-11-29(20,33-5)24-28(27)12-13-30(16-17-6-7-17)21(27)14-18-8-9-19(31)23(34-24)22(18)28;1-22(11-12-2-3-12)9-8-20-17-13-4-5-14(23)18(17)26-19(20)15(24)6-7-21(20,25)16(22)10-13;22-13-4-3-12-9-15-20(24)6-5-14(23)18-19(20,16(12)17(13)25-18)7-8-21(15)10-11-1-2-11;1-2-8-20-9-7-18-15-11-3-4-12(21)16(15)24-17(18)13(22)5-6-19(18,23)14(20)10-11;1-13(2)7-9-20-10-8-19(4)14(3)18(20)11-15-5-6-16(21)12-17(15)19;1-4-20-16(19)17(14-10-6-5-7-11-14)13-9-8-12-15(17)18(2)3/h8-9,17,20-21,24,31-32H,6-7,10-16H2,1-5H3;4-5,12,16,19,25H,2-3,6-11H2,1H3;3-4,11,15,18,22,24H,1-2,5-10H2;2-4,14,17,21,23H,1,5-10H2;5-7,12,14,18,21H,8-11H2,1-4H3;5-8,10-12,15H,4,9,13H2,1-3H3/p+1/t20-,21-,24-,26+,27-,28+,29-;16-,19+,20+,21-,22?;15-,18+,19+,20-;14-,17+,18+,19-;14?,18?,19-;/m11110./s1. The molecular formula is C125H161N6O19+. The van der Waals surface area contributed by atoms with E-state index in [0.29, 0.717) is 105 Å². The number of Topliss-reactive ketones (excluding diaryl/α,β-unsaturated/α-hetero) is 3. The van der Waals surface area contributed by atoms with Crippen molar-refractivity contribution in [2.45, 2.75) is 357 Å². The van der Waals surface area contributed by atoms with Gasteiger partial charge in [-0.1, -0.05) is 125 Å². The quantitative estimate of drug-likeness (QED) is 0.0247. The number of carbonyl (C=O) groups is 4. The van der Waals surface area contributed by atoms with Gasteiger partial charge in [0.25, 0.3) is 0 Å². The zero-order chi connectivity index (χ0) is 105. The van der Waals surface area contributed by atoms with Crippen molar-refractivity contribution in [1.29, 1.82) is 0 Å². The topological polar surface area (TPSA) is 322 Å². The molecule has 5 unspecified atom stereocenters. The molecule has 9 saturated carbocycles. The van der Waals surface area contributed by atoms with Crippen LogP contribution in [0.2, 0.25) is 0 Å². The molecule has 5 saturated heterocycles. The SMILES string of the molecule is C=CCN1CC[C@]23c4c5ccc(O)c4O[C@H]2C(=O)CC[C@@]3(O)[C@H]1C5.CC(C)=CCN1CC[C@]2(C)c3cc(O)ccc3CC1C2C.CCOC(=O)C1(c2ccccc2)CCC=CC1N(C)C.CO[C@]12CC[C@@]3(C[C@@H]1[C@](C)(O)C(C)(C)C)[C@H]1Cc4ccc(O)c5c4[C@@]3(CCN1CC1CC1)[C@H]2O5.C[N+]1(CC2CC2)CC[C@]23c4c5ccc(O)c4O[C@H]2C(=O)CC[C@@]3(O)[C@H]1C5.O=C1CC[C@@]2(O)[C@H]3Cc4ccc(O)c5c4[C@@]2(CCN3CC2CC2)[C@H]1O5. The van der Waals surface area contributed by atoms with E-state index in [1.807, 2.05) is 108 Å². The summed E-state index contributed by atoms with van der Waals surface area (Å²) in [4.78, 5) is 63.2. The van der Waals surface area contributed by atoms with E-state index in [4.69, 9.17) is 28.4 Å². The lowest BCUT2D eigenvalue weighted by atomic mass is 9.33. The van der Waals surface area contributed by atoms with Gasteiger partial charge in [0.1, 0.15) is 34.5 Å². The molecule has 14 fully saturated rings. The molecule has 5 spiro atoms. The Kier molecular flexibility index (Phi) is 24.6. The summed E-state index contributed by atoms with van der Waals surface area (Å²) in [5, 5.41) is 100.0. The van der Waals surface area contributed by atoms with Gasteiger partial charge in [0, 0.05) is 147 Å². The number of benzene rings is 6.